The third kappa shape index (κ3) is 3.56. The average molecular weight is 234 g/mol. The molecule has 0 aromatic heterocycles. The number of benzene rings is 1. The van der Waals surface area contributed by atoms with Gasteiger partial charge in [-0.1, -0.05) is 30.6 Å². The fraction of sp³-hybridized carbons (Fsp3) is 0.300. The lowest BCUT2D eigenvalue weighted by atomic mass is 10.2. The predicted octanol–water partition coefficient (Wildman–Crippen LogP) is 3.38. The van der Waals surface area contributed by atoms with Gasteiger partial charge in [-0.15, -0.1) is 0 Å². The van der Waals surface area contributed by atoms with Gasteiger partial charge in [0.2, 0.25) is 0 Å². The molecule has 1 amide bonds. The van der Waals surface area contributed by atoms with Gasteiger partial charge < -0.3 is 5.32 Å². The molecule has 1 rings (SSSR count). The van der Waals surface area contributed by atoms with E-state index in [1.165, 1.54) is 0 Å². The van der Waals surface area contributed by atoms with E-state index in [1.807, 2.05) is 6.92 Å². The van der Waals surface area contributed by atoms with Gasteiger partial charge in [0.15, 0.2) is 0 Å². The van der Waals surface area contributed by atoms with Gasteiger partial charge in [-0.3, -0.25) is 4.79 Å². The smallest absolute Gasteiger partial charge is 0.251 e. The van der Waals surface area contributed by atoms with Gasteiger partial charge in [0, 0.05) is 22.2 Å². The first-order chi connectivity index (χ1) is 6.13. The molecule has 0 spiro atoms. The lowest BCUT2D eigenvalue weighted by Gasteiger charge is -2.02. The summed E-state index contributed by atoms with van der Waals surface area (Å²) >= 11 is 11.5. The Hall–Kier alpha value is -0.730. The molecular formula is C10H13Cl2NO. The van der Waals surface area contributed by atoms with E-state index >= 15 is 0 Å². The second kappa shape index (κ2) is 5.89. The van der Waals surface area contributed by atoms with Crippen molar-refractivity contribution in [3.05, 3.63) is 33.8 Å². The molecule has 0 aliphatic rings. The molecule has 0 saturated heterocycles. The van der Waals surface area contributed by atoms with Crippen LogP contribution in [-0.4, -0.2) is 12.5 Å². The molecule has 2 nitrogen and oxygen atoms in total. The van der Waals surface area contributed by atoms with Crippen molar-refractivity contribution in [3.63, 3.8) is 0 Å². The number of halogens is 2. The molecule has 0 fully saturated rings. The van der Waals surface area contributed by atoms with Crippen molar-refractivity contribution < 1.29 is 4.79 Å². The van der Waals surface area contributed by atoms with Crippen molar-refractivity contribution >= 4 is 29.1 Å². The Morgan fingerprint density at radius 1 is 1.29 bits per heavy atom. The third-order valence-electron chi connectivity index (χ3n) is 1.46. The summed E-state index contributed by atoms with van der Waals surface area (Å²) in [7, 11) is 0. The van der Waals surface area contributed by atoms with E-state index in [9.17, 15) is 4.79 Å². The van der Waals surface area contributed by atoms with E-state index in [2.05, 4.69) is 5.32 Å². The quantitative estimate of drug-likeness (QED) is 0.834. The average Bonchev–Trinajstić information content (AvgIpc) is 2.03. The zero-order valence-corrected chi connectivity index (χ0v) is 8.62. The molecule has 0 heterocycles. The second-order valence-electron chi connectivity index (χ2n) is 2.52. The minimum absolute atomic E-state index is 0. The van der Waals surface area contributed by atoms with Crippen LogP contribution in [0.2, 0.25) is 10.0 Å². The first-order valence-corrected chi connectivity index (χ1v) is 4.63. The molecule has 0 aliphatic carbocycles. The summed E-state index contributed by atoms with van der Waals surface area (Å²) in [6.45, 7) is 2.44. The topological polar surface area (TPSA) is 29.1 Å². The minimum atomic E-state index is -0.160. The van der Waals surface area contributed by atoms with Crippen LogP contribution in [0.4, 0.5) is 0 Å². The van der Waals surface area contributed by atoms with Gasteiger partial charge in [-0.2, -0.15) is 0 Å². The van der Waals surface area contributed by atoms with Crippen LogP contribution >= 0.6 is 23.2 Å². The standard InChI is InChI=1S/C9H9Cl2NO.CH4/c1-2-12-9(13)6-3-7(10)5-8(11)4-6;/h3-5H,2H2,1H3,(H,12,13);1H4. The summed E-state index contributed by atoms with van der Waals surface area (Å²) < 4.78 is 0. The molecule has 1 aromatic rings. The molecule has 0 unspecified atom stereocenters. The molecule has 1 aromatic carbocycles. The molecule has 0 bridgehead atoms. The summed E-state index contributed by atoms with van der Waals surface area (Å²) in [5, 5.41) is 3.59. The minimum Gasteiger partial charge on any atom is -0.352 e. The van der Waals surface area contributed by atoms with Crippen molar-refractivity contribution in [1.29, 1.82) is 0 Å². The van der Waals surface area contributed by atoms with Gasteiger partial charge >= 0.3 is 0 Å². The molecule has 0 aliphatic heterocycles. The van der Waals surface area contributed by atoms with E-state index in [4.69, 9.17) is 23.2 Å². The molecule has 14 heavy (non-hydrogen) atoms. The highest BCUT2D eigenvalue weighted by Crippen LogP contribution is 2.18. The normalized spacial score (nSPS) is 9.07. The van der Waals surface area contributed by atoms with Crippen molar-refractivity contribution in [2.24, 2.45) is 0 Å². The largest absolute Gasteiger partial charge is 0.352 e. The fourth-order valence-electron chi connectivity index (χ4n) is 0.948. The monoisotopic (exact) mass is 233 g/mol. The van der Waals surface area contributed by atoms with Crippen molar-refractivity contribution in [2.45, 2.75) is 14.4 Å². The van der Waals surface area contributed by atoms with Crippen LogP contribution in [0.25, 0.3) is 0 Å². The zero-order valence-electron chi connectivity index (χ0n) is 7.10. The molecular weight excluding hydrogens is 221 g/mol. The number of hydrogen-bond donors (Lipinski definition) is 1. The molecule has 4 heteroatoms. The number of hydrogen-bond acceptors (Lipinski definition) is 1. The Kier molecular flexibility index (Phi) is 5.58. The number of rotatable bonds is 2. The van der Waals surface area contributed by atoms with Gasteiger partial charge in [-0.05, 0) is 25.1 Å². The summed E-state index contributed by atoms with van der Waals surface area (Å²) in [6, 6.07) is 4.75. The van der Waals surface area contributed by atoms with Crippen LogP contribution in [0.1, 0.15) is 24.7 Å². The highest BCUT2D eigenvalue weighted by Gasteiger charge is 2.05. The van der Waals surface area contributed by atoms with Crippen LogP contribution in [0.3, 0.4) is 0 Å². The SMILES string of the molecule is C.CCNC(=O)c1cc(Cl)cc(Cl)c1. The summed E-state index contributed by atoms with van der Waals surface area (Å²) in [5.41, 5.74) is 0.486. The van der Waals surface area contributed by atoms with Gasteiger partial charge in [0.1, 0.15) is 0 Å². The van der Waals surface area contributed by atoms with E-state index in [0.717, 1.165) is 0 Å². The van der Waals surface area contributed by atoms with Crippen molar-refractivity contribution in [1.82, 2.24) is 5.32 Å². The maximum absolute atomic E-state index is 11.3. The van der Waals surface area contributed by atoms with E-state index in [1.54, 1.807) is 18.2 Å². The Morgan fingerprint density at radius 2 is 1.79 bits per heavy atom. The fourth-order valence-corrected chi connectivity index (χ4v) is 1.47. The highest BCUT2D eigenvalue weighted by molar-refractivity contribution is 6.35. The molecule has 1 N–H and O–H groups in total. The van der Waals surface area contributed by atoms with Crippen molar-refractivity contribution in [3.8, 4) is 0 Å². The van der Waals surface area contributed by atoms with Gasteiger partial charge in [0.05, 0.1) is 0 Å². The lowest BCUT2D eigenvalue weighted by Crippen LogP contribution is -2.22. The zero-order chi connectivity index (χ0) is 9.84. The molecule has 0 saturated carbocycles. The summed E-state index contributed by atoms with van der Waals surface area (Å²) in [5.74, 6) is -0.160. The Morgan fingerprint density at radius 3 is 2.21 bits per heavy atom. The maximum atomic E-state index is 11.3. The third-order valence-corrected chi connectivity index (χ3v) is 1.90. The predicted molar refractivity (Wildman–Crippen MR) is 61.2 cm³/mol. The Balaban J connectivity index is 0.00000169. The van der Waals surface area contributed by atoms with E-state index in [0.29, 0.717) is 22.2 Å². The van der Waals surface area contributed by atoms with Crippen LogP contribution in [0.5, 0.6) is 0 Å². The molecule has 0 radical (unpaired) electrons. The summed E-state index contributed by atoms with van der Waals surface area (Å²) in [4.78, 5) is 11.3. The van der Waals surface area contributed by atoms with Crippen LogP contribution < -0.4 is 5.32 Å². The molecule has 0 atom stereocenters. The Bertz CT molecular complexity index is 306. The van der Waals surface area contributed by atoms with Crippen LogP contribution in [-0.2, 0) is 0 Å². The number of amides is 1. The van der Waals surface area contributed by atoms with Gasteiger partial charge in [-0.25, -0.2) is 0 Å². The lowest BCUT2D eigenvalue weighted by molar-refractivity contribution is 0.0956. The maximum Gasteiger partial charge on any atom is 0.251 e. The highest BCUT2D eigenvalue weighted by atomic mass is 35.5. The molecule has 78 valence electrons. The number of carbonyl (C=O) groups excluding carboxylic acids is 1. The van der Waals surface area contributed by atoms with Crippen LogP contribution in [0, 0.1) is 0 Å². The van der Waals surface area contributed by atoms with Crippen molar-refractivity contribution in [2.75, 3.05) is 6.54 Å². The first-order valence-electron chi connectivity index (χ1n) is 3.87. The number of nitrogens with one attached hydrogen (secondary N) is 1. The number of carbonyl (C=O) groups is 1. The Labute approximate surface area is 94.2 Å². The second-order valence-corrected chi connectivity index (χ2v) is 3.39. The van der Waals surface area contributed by atoms with E-state index < -0.39 is 0 Å². The summed E-state index contributed by atoms with van der Waals surface area (Å²) in [6.07, 6.45) is 0. The van der Waals surface area contributed by atoms with Gasteiger partial charge in [0.25, 0.3) is 5.91 Å². The van der Waals surface area contributed by atoms with Crippen LogP contribution in [0.15, 0.2) is 18.2 Å². The first kappa shape index (κ1) is 13.3. The van der Waals surface area contributed by atoms with E-state index in [-0.39, 0.29) is 13.3 Å².